The van der Waals surface area contributed by atoms with Gasteiger partial charge in [-0.2, -0.15) is 5.10 Å². The minimum absolute atomic E-state index is 0.271. The third kappa shape index (κ3) is 1.32. The number of nitrogens with zero attached hydrogens (tertiary/aromatic N) is 3. The second-order valence-corrected chi connectivity index (χ2v) is 2.96. The van der Waals surface area contributed by atoms with Crippen molar-refractivity contribution >= 4 is 5.82 Å². The molecule has 0 fully saturated rings. The summed E-state index contributed by atoms with van der Waals surface area (Å²) in [7, 11) is 0. The van der Waals surface area contributed by atoms with Gasteiger partial charge < -0.3 is 5.73 Å². The molecule has 4 nitrogen and oxygen atoms in total. The minimum Gasteiger partial charge on any atom is -0.381 e. The van der Waals surface area contributed by atoms with E-state index in [-0.39, 0.29) is 11.6 Å². The predicted octanol–water partition coefficient (Wildman–Crippen LogP) is 1.30. The summed E-state index contributed by atoms with van der Waals surface area (Å²) in [4.78, 5) is 1.19. The highest BCUT2D eigenvalue weighted by Crippen LogP contribution is 2.16. The molecule has 2 N–H and O–H groups in total. The van der Waals surface area contributed by atoms with Crippen LogP contribution in [-0.2, 0) is 0 Å². The van der Waals surface area contributed by atoms with Crippen LogP contribution in [0.25, 0.3) is 5.69 Å². The lowest BCUT2D eigenvalue weighted by atomic mass is 10.2. The Morgan fingerprint density at radius 1 is 1.43 bits per heavy atom. The van der Waals surface area contributed by atoms with Crippen molar-refractivity contribution < 1.29 is 4.39 Å². The van der Waals surface area contributed by atoms with Crippen molar-refractivity contribution in [1.29, 1.82) is 0 Å². The van der Waals surface area contributed by atoms with Gasteiger partial charge in [-0.05, 0) is 18.6 Å². The Hall–Kier alpha value is -1.91. The van der Waals surface area contributed by atoms with Crippen molar-refractivity contribution in [2.24, 2.45) is 0 Å². The molecule has 1 heterocycles. The van der Waals surface area contributed by atoms with Crippen LogP contribution < -0.4 is 5.73 Å². The summed E-state index contributed by atoms with van der Waals surface area (Å²) in [5.41, 5.74) is 6.50. The van der Waals surface area contributed by atoms with Gasteiger partial charge >= 0.3 is 0 Å². The summed E-state index contributed by atoms with van der Waals surface area (Å²) in [6, 6.07) is 4.79. The summed E-state index contributed by atoms with van der Waals surface area (Å²) in [5, 5.41) is 7.69. The molecule has 0 radical (unpaired) electrons. The second kappa shape index (κ2) is 3.10. The van der Waals surface area contributed by atoms with E-state index >= 15 is 0 Å². The van der Waals surface area contributed by atoms with E-state index < -0.39 is 0 Å². The number of anilines is 1. The van der Waals surface area contributed by atoms with Crippen molar-refractivity contribution in [2.75, 3.05) is 5.73 Å². The number of rotatable bonds is 1. The van der Waals surface area contributed by atoms with Crippen LogP contribution in [0.3, 0.4) is 0 Å². The first kappa shape index (κ1) is 8.68. The molecule has 0 aliphatic rings. The van der Waals surface area contributed by atoms with E-state index in [0.29, 0.717) is 5.69 Å². The van der Waals surface area contributed by atoms with Crippen LogP contribution in [0.15, 0.2) is 24.4 Å². The van der Waals surface area contributed by atoms with Gasteiger partial charge in [-0.15, -0.1) is 9.90 Å². The molecule has 1 aromatic carbocycles. The lowest BCUT2D eigenvalue weighted by molar-refractivity contribution is 0.594. The van der Waals surface area contributed by atoms with Gasteiger partial charge in [0, 0.05) is 0 Å². The molecule has 2 aromatic rings. The normalized spacial score (nSPS) is 10.4. The van der Waals surface area contributed by atoms with E-state index in [0.717, 1.165) is 5.56 Å². The first-order valence-corrected chi connectivity index (χ1v) is 4.12. The molecule has 1 aromatic heterocycles. The largest absolute Gasteiger partial charge is 0.381 e. The average Bonchev–Trinajstić information content (AvgIpc) is 2.51. The van der Waals surface area contributed by atoms with Crippen molar-refractivity contribution in [3.8, 4) is 5.69 Å². The number of halogens is 1. The lowest BCUT2D eigenvalue weighted by Crippen LogP contribution is -2.04. The van der Waals surface area contributed by atoms with E-state index in [2.05, 4.69) is 10.2 Å². The number of aryl methyl sites for hydroxylation is 1. The molecular formula is C9H9FN4. The molecule has 0 amide bonds. The molecule has 0 spiro atoms. The summed E-state index contributed by atoms with van der Waals surface area (Å²) in [6.45, 7) is 1.79. The monoisotopic (exact) mass is 192 g/mol. The van der Waals surface area contributed by atoms with E-state index in [1.165, 1.54) is 17.1 Å². The molecule has 0 saturated heterocycles. The fourth-order valence-corrected chi connectivity index (χ4v) is 1.26. The Labute approximate surface area is 80.2 Å². The van der Waals surface area contributed by atoms with E-state index in [1.807, 2.05) is 0 Å². The second-order valence-electron chi connectivity index (χ2n) is 2.96. The quantitative estimate of drug-likeness (QED) is 0.740. The molecule has 0 unspecified atom stereocenters. The highest BCUT2D eigenvalue weighted by atomic mass is 19.1. The zero-order chi connectivity index (χ0) is 10.1. The first-order chi connectivity index (χ1) is 6.68. The molecule has 0 atom stereocenters. The number of benzene rings is 1. The van der Waals surface area contributed by atoms with Gasteiger partial charge in [-0.1, -0.05) is 12.1 Å². The summed E-state index contributed by atoms with van der Waals surface area (Å²) >= 11 is 0. The van der Waals surface area contributed by atoms with Crippen LogP contribution in [0.2, 0.25) is 0 Å². The molecule has 72 valence electrons. The maximum Gasteiger partial charge on any atom is 0.166 e. The molecule has 0 bridgehead atoms. The van der Waals surface area contributed by atoms with Crippen LogP contribution in [0.1, 0.15) is 5.56 Å². The van der Waals surface area contributed by atoms with E-state index in [1.54, 1.807) is 19.1 Å². The van der Waals surface area contributed by atoms with Crippen molar-refractivity contribution in [2.45, 2.75) is 6.92 Å². The maximum absolute atomic E-state index is 13.4. The molecule has 0 aliphatic heterocycles. The highest BCUT2D eigenvalue weighted by molar-refractivity contribution is 5.40. The fourth-order valence-electron chi connectivity index (χ4n) is 1.26. The van der Waals surface area contributed by atoms with Gasteiger partial charge in [-0.3, -0.25) is 0 Å². The number of para-hydroxylation sites is 1. The number of hydrogen-bond acceptors (Lipinski definition) is 3. The maximum atomic E-state index is 13.4. The smallest absolute Gasteiger partial charge is 0.166 e. The Kier molecular flexibility index (Phi) is 1.92. The molecule has 14 heavy (non-hydrogen) atoms. The molecule has 0 aliphatic carbocycles. The minimum atomic E-state index is -0.361. The number of hydrogen-bond donors (Lipinski definition) is 1. The lowest BCUT2D eigenvalue weighted by Gasteiger charge is -2.04. The molecule has 0 saturated carbocycles. The summed E-state index contributed by atoms with van der Waals surface area (Å²) in [5.74, 6) is -0.0896. The van der Waals surface area contributed by atoms with Crippen LogP contribution in [0, 0.1) is 12.7 Å². The van der Waals surface area contributed by atoms with Crippen LogP contribution in [0.4, 0.5) is 10.2 Å². The van der Waals surface area contributed by atoms with E-state index in [9.17, 15) is 4.39 Å². The fraction of sp³-hybridized carbons (Fsp3) is 0.111. The predicted molar refractivity (Wildman–Crippen MR) is 50.5 cm³/mol. The van der Waals surface area contributed by atoms with Crippen LogP contribution in [-0.4, -0.2) is 15.0 Å². The SMILES string of the molecule is Cc1cccc(F)c1-n1ncc(N)n1. The summed E-state index contributed by atoms with van der Waals surface area (Å²) in [6.07, 6.45) is 1.38. The van der Waals surface area contributed by atoms with Crippen molar-refractivity contribution in [3.63, 3.8) is 0 Å². The van der Waals surface area contributed by atoms with Crippen molar-refractivity contribution in [1.82, 2.24) is 15.0 Å². The third-order valence-electron chi connectivity index (χ3n) is 1.90. The zero-order valence-electron chi connectivity index (χ0n) is 7.61. The molecular weight excluding hydrogens is 183 g/mol. The standard InChI is InChI=1S/C9H9FN4/c1-6-3-2-4-7(10)9(6)14-12-5-8(11)13-14/h2-5H,1H3,(H2,11,13). The van der Waals surface area contributed by atoms with Gasteiger partial charge in [0.05, 0.1) is 6.20 Å². The van der Waals surface area contributed by atoms with Crippen molar-refractivity contribution in [3.05, 3.63) is 35.8 Å². The van der Waals surface area contributed by atoms with Gasteiger partial charge in [0.2, 0.25) is 0 Å². The number of nitrogen functional groups attached to an aromatic ring is 1. The first-order valence-electron chi connectivity index (χ1n) is 4.12. The average molecular weight is 192 g/mol. The topological polar surface area (TPSA) is 56.7 Å². The van der Waals surface area contributed by atoms with Gasteiger partial charge in [-0.25, -0.2) is 4.39 Å². The van der Waals surface area contributed by atoms with Crippen LogP contribution >= 0.6 is 0 Å². The Morgan fingerprint density at radius 3 is 2.79 bits per heavy atom. The highest BCUT2D eigenvalue weighted by Gasteiger charge is 2.09. The number of nitrogens with two attached hydrogens (primary N) is 1. The Morgan fingerprint density at radius 2 is 2.21 bits per heavy atom. The summed E-state index contributed by atoms with van der Waals surface area (Å²) < 4.78 is 13.4. The molecule has 2 rings (SSSR count). The van der Waals surface area contributed by atoms with Gasteiger partial charge in [0.25, 0.3) is 0 Å². The van der Waals surface area contributed by atoms with E-state index in [4.69, 9.17) is 5.73 Å². The molecule has 5 heteroatoms. The van der Waals surface area contributed by atoms with Crippen LogP contribution in [0.5, 0.6) is 0 Å². The van der Waals surface area contributed by atoms with Gasteiger partial charge in [0.1, 0.15) is 5.69 Å². The Balaban J connectivity index is 2.61. The Bertz CT molecular complexity index is 443. The number of aromatic nitrogens is 3. The zero-order valence-corrected chi connectivity index (χ0v) is 7.61. The van der Waals surface area contributed by atoms with Gasteiger partial charge in [0.15, 0.2) is 11.6 Å². The third-order valence-corrected chi connectivity index (χ3v) is 1.90.